The second-order valence-electron chi connectivity index (χ2n) is 4.89. The molecule has 2 unspecified atom stereocenters. The highest BCUT2D eigenvalue weighted by molar-refractivity contribution is 7.99. The van der Waals surface area contributed by atoms with E-state index in [1.54, 1.807) is 0 Å². The minimum Gasteiger partial charge on any atom is -0.504 e. The topological polar surface area (TPSA) is 41.5 Å². The van der Waals surface area contributed by atoms with E-state index in [1.165, 1.54) is 19.3 Å². The van der Waals surface area contributed by atoms with Crippen LogP contribution in [0.5, 0.6) is 11.5 Å². The molecule has 4 heteroatoms. The summed E-state index contributed by atoms with van der Waals surface area (Å²) < 4.78 is 5.41. The summed E-state index contributed by atoms with van der Waals surface area (Å²) in [6, 6.07) is 6.25. The van der Waals surface area contributed by atoms with Crippen LogP contribution in [0.4, 0.5) is 0 Å². The predicted molar refractivity (Wildman–Crippen MR) is 81.1 cm³/mol. The molecule has 1 saturated carbocycles. The summed E-state index contributed by atoms with van der Waals surface area (Å²) in [5.41, 5.74) is 0.915. The maximum atomic E-state index is 10.1. The number of rotatable bonds is 6. The second-order valence-corrected chi connectivity index (χ2v) is 5.97. The minimum absolute atomic E-state index is 0.274. The molecule has 0 heterocycles. The molecule has 2 atom stereocenters. The van der Waals surface area contributed by atoms with Gasteiger partial charge in [0.1, 0.15) is 0 Å². The summed E-state index contributed by atoms with van der Waals surface area (Å²) in [6.45, 7) is 3.20. The van der Waals surface area contributed by atoms with Gasteiger partial charge in [0.15, 0.2) is 11.5 Å². The van der Waals surface area contributed by atoms with Crippen LogP contribution in [0, 0.1) is 0 Å². The molecular weight excluding hydrogens is 258 g/mol. The van der Waals surface area contributed by atoms with Crippen molar-refractivity contribution in [1.82, 2.24) is 5.32 Å². The Balaban J connectivity index is 1.97. The van der Waals surface area contributed by atoms with Gasteiger partial charge in [-0.25, -0.2) is 0 Å². The molecule has 0 aromatic heterocycles. The van der Waals surface area contributed by atoms with Crippen LogP contribution < -0.4 is 10.1 Å². The number of thioether (sulfide) groups is 1. The van der Waals surface area contributed by atoms with Gasteiger partial charge in [0, 0.05) is 23.4 Å². The zero-order valence-electron chi connectivity index (χ0n) is 11.7. The van der Waals surface area contributed by atoms with Gasteiger partial charge in [0.2, 0.25) is 0 Å². The van der Waals surface area contributed by atoms with Crippen molar-refractivity contribution in [3.05, 3.63) is 23.8 Å². The lowest BCUT2D eigenvalue weighted by Crippen LogP contribution is -2.33. The molecule has 1 aliphatic rings. The molecule has 1 aliphatic carbocycles. The first-order valence-electron chi connectivity index (χ1n) is 6.96. The molecule has 2 rings (SSSR count). The third-order valence-electron chi connectivity index (χ3n) is 3.69. The molecule has 0 bridgehead atoms. The van der Waals surface area contributed by atoms with Gasteiger partial charge in [0.05, 0.1) is 6.61 Å². The normalized spacial score (nSPS) is 22.6. The van der Waals surface area contributed by atoms with E-state index in [4.69, 9.17) is 4.74 Å². The summed E-state index contributed by atoms with van der Waals surface area (Å²) in [5, 5.41) is 14.4. The predicted octanol–water partition coefficient (Wildman–Crippen LogP) is 3.16. The first kappa shape index (κ1) is 14.5. The van der Waals surface area contributed by atoms with Gasteiger partial charge in [-0.05, 0) is 32.1 Å². The molecule has 3 nitrogen and oxygen atoms in total. The Morgan fingerprint density at radius 2 is 2.26 bits per heavy atom. The molecule has 2 N–H and O–H groups in total. The number of nitrogens with one attached hydrogen (secondary N) is 1. The van der Waals surface area contributed by atoms with Crippen LogP contribution in [0.1, 0.15) is 31.7 Å². The summed E-state index contributed by atoms with van der Waals surface area (Å²) in [4.78, 5) is 0. The highest BCUT2D eigenvalue weighted by Gasteiger charge is 2.26. The Morgan fingerprint density at radius 1 is 1.42 bits per heavy atom. The van der Waals surface area contributed by atoms with Crippen molar-refractivity contribution in [3.8, 4) is 11.5 Å². The average Bonchev–Trinajstić information content (AvgIpc) is 2.87. The summed E-state index contributed by atoms with van der Waals surface area (Å²) in [5.74, 6) is 0.852. The summed E-state index contributed by atoms with van der Waals surface area (Å²) in [6.07, 6.45) is 6.01. The van der Waals surface area contributed by atoms with Crippen molar-refractivity contribution in [2.75, 3.05) is 12.9 Å². The van der Waals surface area contributed by atoms with Crippen LogP contribution >= 0.6 is 11.8 Å². The van der Waals surface area contributed by atoms with Crippen LogP contribution in [0.2, 0.25) is 0 Å². The van der Waals surface area contributed by atoms with E-state index in [-0.39, 0.29) is 5.75 Å². The number of phenols is 1. The molecule has 0 saturated heterocycles. The van der Waals surface area contributed by atoms with Crippen LogP contribution in [-0.2, 0) is 6.54 Å². The number of para-hydroxylation sites is 1. The molecule has 1 fully saturated rings. The van der Waals surface area contributed by atoms with Crippen LogP contribution in [0.3, 0.4) is 0 Å². The van der Waals surface area contributed by atoms with E-state index in [2.05, 4.69) is 11.6 Å². The van der Waals surface area contributed by atoms with Gasteiger partial charge in [-0.3, -0.25) is 0 Å². The van der Waals surface area contributed by atoms with Gasteiger partial charge < -0.3 is 15.2 Å². The minimum atomic E-state index is 0.274. The maximum absolute atomic E-state index is 10.1. The molecule has 106 valence electrons. The molecule has 0 aliphatic heterocycles. The Bertz CT molecular complexity index is 411. The molecule has 1 aromatic rings. The van der Waals surface area contributed by atoms with Crippen LogP contribution in [0.15, 0.2) is 18.2 Å². The fraction of sp³-hybridized carbons (Fsp3) is 0.600. The number of benzene rings is 1. The van der Waals surface area contributed by atoms with Gasteiger partial charge >= 0.3 is 0 Å². The van der Waals surface area contributed by atoms with E-state index in [1.807, 2.05) is 36.9 Å². The van der Waals surface area contributed by atoms with Crippen molar-refractivity contribution in [3.63, 3.8) is 0 Å². The second kappa shape index (κ2) is 7.06. The molecule has 0 amide bonds. The SMILES string of the molecule is CCOc1cccc(CNC2CCCC2SC)c1O. The molecular formula is C15H23NO2S. The lowest BCUT2D eigenvalue weighted by Gasteiger charge is -2.20. The molecule has 0 radical (unpaired) electrons. The molecule has 1 aromatic carbocycles. The lowest BCUT2D eigenvalue weighted by molar-refractivity contribution is 0.316. The van der Waals surface area contributed by atoms with E-state index in [9.17, 15) is 5.11 Å². The summed E-state index contributed by atoms with van der Waals surface area (Å²) in [7, 11) is 0. The fourth-order valence-electron chi connectivity index (χ4n) is 2.67. The van der Waals surface area contributed by atoms with Gasteiger partial charge in [0.25, 0.3) is 0 Å². The van der Waals surface area contributed by atoms with Gasteiger partial charge in [-0.2, -0.15) is 11.8 Å². The average molecular weight is 281 g/mol. The van der Waals surface area contributed by atoms with Crippen molar-refractivity contribution in [2.45, 2.75) is 44.0 Å². The maximum Gasteiger partial charge on any atom is 0.162 e. The van der Waals surface area contributed by atoms with Crippen LogP contribution in [-0.4, -0.2) is 29.3 Å². The van der Waals surface area contributed by atoms with Crippen molar-refractivity contribution in [2.24, 2.45) is 0 Å². The van der Waals surface area contributed by atoms with E-state index in [0.29, 0.717) is 30.2 Å². The Kier molecular flexibility index (Phi) is 5.40. The molecule has 0 spiro atoms. The first-order chi connectivity index (χ1) is 9.26. The number of aromatic hydroxyl groups is 1. The first-order valence-corrected chi connectivity index (χ1v) is 8.24. The van der Waals surface area contributed by atoms with Crippen molar-refractivity contribution in [1.29, 1.82) is 0 Å². The lowest BCUT2D eigenvalue weighted by atomic mass is 10.1. The largest absolute Gasteiger partial charge is 0.504 e. The van der Waals surface area contributed by atoms with Crippen molar-refractivity contribution >= 4 is 11.8 Å². The zero-order chi connectivity index (χ0) is 13.7. The number of hydrogen-bond donors (Lipinski definition) is 2. The Morgan fingerprint density at radius 3 is 3.00 bits per heavy atom. The van der Waals surface area contributed by atoms with Crippen LogP contribution in [0.25, 0.3) is 0 Å². The number of hydrogen-bond acceptors (Lipinski definition) is 4. The third-order valence-corrected chi connectivity index (χ3v) is 4.86. The monoisotopic (exact) mass is 281 g/mol. The third kappa shape index (κ3) is 3.57. The van der Waals surface area contributed by atoms with Crippen molar-refractivity contribution < 1.29 is 9.84 Å². The number of phenolic OH excluding ortho intramolecular Hbond substituents is 1. The summed E-state index contributed by atoms with van der Waals surface area (Å²) >= 11 is 1.94. The van der Waals surface area contributed by atoms with Gasteiger partial charge in [-0.1, -0.05) is 18.6 Å². The Labute approximate surface area is 119 Å². The highest BCUT2D eigenvalue weighted by Crippen LogP contribution is 2.31. The van der Waals surface area contributed by atoms with E-state index in [0.717, 1.165) is 5.56 Å². The standard InChI is InChI=1S/C15H23NO2S/c1-3-18-13-8-4-6-11(15(13)17)10-16-12-7-5-9-14(12)19-2/h4,6,8,12,14,16-17H,3,5,7,9-10H2,1-2H3. The molecule has 19 heavy (non-hydrogen) atoms. The smallest absolute Gasteiger partial charge is 0.162 e. The van der Waals surface area contributed by atoms with E-state index < -0.39 is 0 Å². The quantitative estimate of drug-likeness (QED) is 0.840. The number of ether oxygens (including phenoxy) is 1. The highest BCUT2D eigenvalue weighted by atomic mass is 32.2. The van der Waals surface area contributed by atoms with E-state index >= 15 is 0 Å². The fourth-order valence-corrected chi connectivity index (χ4v) is 3.63. The Hall–Kier alpha value is -0.870. The zero-order valence-corrected chi connectivity index (χ0v) is 12.5. The van der Waals surface area contributed by atoms with Gasteiger partial charge in [-0.15, -0.1) is 0 Å².